The molecule has 1 saturated heterocycles. The number of rotatable bonds is 5. The van der Waals surface area contributed by atoms with Crippen LogP contribution in [0.5, 0.6) is 5.75 Å². The molecule has 0 spiro atoms. The lowest BCUT2D eigenvalue weighted by molar-refractivity contribution is 0.214. The number of hydrogen-bond donors (Lipinski definition) is 1. The molecule has 3 aromatic carbocycles. The van der Waals surface area contributed by atoms with Gasteiger partial charge in [0.25, 0.3) is 0 Å². The van der Waals surface area contributed by atoms with Crippen molar-refractivity contribution in [2.75, 3.05) is 26.2 Å². The van der Waals surface area contributed by atoms with E-state index in [4.69, 9.17) is 4.74 Å². The first-order valence-corrected chi connectivity index (χ1v) is 11.1. The SMILES string of the molecule is N#Cc1ccc2[nH]nc(-c3ccc4cc(OCCN5CCCCCC5)ccc4c3)c2c1. The van der Waals surface area contributed by atoms with Gasteiger partial charge in [-0.15, -0.1) is 0 Å². The largest absolute Gasteiger partial charge is 0.492 e. The van der Waals surface area contributed by atoms with Crippen LogP contribution in [0.2, 0.25) is 0 Å². The summed E-state index contributed by atoms with van der Waals surface area (Å²) in [6.07, 6.45) is 5.33. The lowest BCUT2D eigenvalue weighted by Crippen LogP contribution is -2.29. The van der Waals surface area contributed by atoms with Gasteiger partial charge in [0.15, 0.2) is 0 Å². The van der Waals surface area contributed by atoms with Crippen LogP contribution in [-0.4, -0.2) is 41.3 Å². The van der Waals surface area contributed by atoms with Gasteiger partial charge >= 0.3 is 0 Å². The Hall–Kier alpha value is -3.36. The van der Waals surface area contributed by atoms with E-state index in [-0.39, 0.29) is 0 Å². The Bertz CT molecular complexity index is 1250. The Morgan fingerprint density at radius 2 is 1.74 bits per heavy atom. The monoisotopic (exact) mass is 410 g/mol. The first-order chi connectivity index (χ1) is 15.3. The Labute approximate surface area is 182 Å². The van der Waals surface area contributed by atoms with Gasteiger partial charge in [-0.25, -0.2) is 0 Å². The molecule has 0 atom stereocenters. The van der Waals surface area contributed by atoms with E-state index in [0.29, 0.717) is 5.56 Å². The quantitative estimate of drug-likeness (QED) is 0.471. The highest BCUT2D eigenvalue weighted by Crippen LogP contribution is 2.30. The molecule has 5 heteroatoms. The van der Waals surface area contributed by atoms with Crippen molar-refractivity contribution in [2.24, 2.45) is 0 Å². The van der Waals surface area contributed by atoms with E-state index >= 15 is 0 Å². The molecule has 0 aliphatic carbocycles. The van der Waals surface area contributed by atoms with Crippen LogP contribution in [0, 0.1) is 11.3 Å². The maximum absolute atomic E-state index is 9.22. The van der Waals surface area contributed by atoms with Crippen molar-refractivity contribution in [3.8, 4) is 23.1 Å². The summed E-state index contributed by atoms with van der Waals surface area (Å²) in [5.41, 5.74) is 3.47. The third-order valence-electron chi connectivity index (χ3n) is 6.15. The number of benzene rings is 3. The zero-order valence-corrected chi connectivity index (χ0v) is 17.6. The van der Waals surface area contributed by atoms with Gasteiger partial charge in [-0.1, -0.05) is 31.0 Å². The molecule has 5 rings (SSSR count). The lowest BCUT2D eigenvalue weighted by Gasteiger charge is -2.19. The fourth-order valence-electron chi connectivity index (χ4n) is 4.42. The third kappa shape index (κ3) is 4.26. The molecular weight excluding hydrogens is 384 g/mol. The Balaban J connectivity index is 1.33. The first kappa shape index (κ1) is 19.6. The molecule has 1 aliphatic heterocycles. The van der Waals surface area contributed by atoms with Crippen LogP contribution in [0.25, 0.3) is 32.9 Å². The minimum Gasteiger partial charge on any atom is -0.492 e. The second kappa shape index (κ2) is 8.79. The third-order valence-corrected chi connectivity index (χ3v) is 6.15. The van der Waals surface area contributed by atoms with E-state index < -0.39 is 0 Å². The second-order valence-corrected chi connectivity index (χ2v) is 8.27. The van der Waals surface area contributed by atoms with Crippen LogP contribution in [0.15, 0.2) is 54.6 Å². The molecular formula is C26H26N4O. The maximum Gasteiger partial charge on any atom is 0.120 e. The molecule has 0 radical (unpaired) electrons. The van der Waals surface area contributed by atoms with E-state index in [1.807, 2.05) is 18.2 Å². The van der Waals surface area contributed by atoms with Gasteiger partial charge in [0.1, 0.15) is 12.4 Å². The van der Waals surface area contributed by atoms with Crippen molar-refractivity contribution in [3.05, 3.63) is 60.2 Å². The number of likely N-dealkylation sites (tertiary alicyclic amines) is 1. The maximum atomic E-state index is 9.22. The smallest absolute Gasteiger partial charge is 0.120 e. The summed E-state index contributed by atoms with van der Waals surface area (Å²) in [5.74, 6) is 0.916. The van der Waals surface area contributed by atoms with Gasteiger partial charge in [0, 0.05) is 17.5 Å². The standard InChI is InChI=1S/C26H26N4O/c27-18-19-5-10-25-24(15-19)26(29-28-25)22-7-6-21-17-23(9-8-20(21)16-22)31-14-13-30-11-3-1-2-4-12-30/h5-10,15-17H,1-4,11-14H2,(H,28,29). The number of ether oxygens (including phenoxy) is 1. The Kier molecular flexibility index (Phi) is 5.56. The predicted molar refractivity (Wildman–Crippen MR) is 124 cm³/mol. The summed E-state index contributed by atoms with van der Waals surface area (Å²) in [6.45, 7) is 4.11. The van der Waals surface area contributed by atoms with Gasteiger partial charge in [-0.05, 0) is 73.1 Å². The Morgan fingerprint density at radius 1 is 0.935 bits per heavy atom. The summed E-state index contributed by atoms with van der Waals surface area (Å²) in [7, 11) is 0. The number of fused-ring (bicyclic) bond motifs is 2. The van der Waals surface area contributed by atoms with E-state index in [2.05, 4.69) is 51.5 Å². The van der Waals surface area contributed by atoms with Crippen molar-refractivity contribution in [1.82, 2.24) is 15.1 Å². The van der Waals surface area contributed by atoms with Crippen LogP contribution >= 0.6 is 0 Å². The van der Waals surface area contributed by atoms with Crippen molar-refractivity contribution in [3.63, 3.8) is 0 Å². The van der Waals surface area contributed by atoms with E-state index in [1.165, 1.54) is 38.8 Å². The van der Waals surface area contributed by atoms with E-state index in [1.54, 1.807) is 6.07 Å². The minimum atomic E-state index is 0.637. The molecule has 1 fully saturated rings. The van der Waals surface area contributed by atoms with Crippen molar-refractivity contribution >= 4 is 21.7 Å². The molecule has 4 aromatic rings. The molecule has 5 nitrogen and oxygen atoms in total. The van der Waals surface area contributed by atoms with Gasteiger partial charge in [0.05, 0.1) is 22.8 Å². The lowest BCUT2D eigenvalue weighted by atomic mass is 10.0. The number of aromatic nitrogens is 2. The van der Waals surface area contributed by atoms with Crippen LogP contribution in [-0.2, 0) is 0 Å². The number of H-pyrrole nitrogens is 1. The van der Waals surface area contributed by atoms with Crippen molar-refractivity contribution < 1.29 is 4.74 Å². The van der Waals surface area contributed by atoms with Crippen molar-refractivity contribution in [2.45, 2.75) is 25.7 Å². The van der Waals surface area contributed by atoms with Crippen LogP contribution in [0.4, 0.5) is 0 Å². The zero-order valence-electron chi connectivity index (χ0n) is 17.6. The Morgan fingerprint density at radius 3 is 2.58 bits per heavy atom. The average Bonchev–Trinajstić information content (AvgIpc) is 3.05. The minimum absolute atomic E-state index is 0.637. The summed E-state index contributed by atoms with van der Waals surface area (Å²) >= 11 is 0. The highest BCUT2D eigenvalue weighted by molar-refractivity contribution is 5.96. The summed E-state index contributed by atoms with van der Waals surface area (Å²) in [4.78, 5) is 2.52. The number of nitrogens with one attached hydrogen (secondary N) is 1. The molecule has 0 amide bonds. The summed E-state index contributed by atoms with van der Waals surface area (Å²) in [5, 5.41) is 20.0. The molecule has 1 aromatic heterocycles. The number of nitriles is 1. The summed E-state index contributed by atoms with van der Waals surface area (Å²) in [6, 6.07) is 20.4. The highest BCUT2D eigenvalue weighted by Gasteiger charge is 2.11. The topological polar surface area (TPSA) is 64.9 Å². The molecule has 156 valence electrons. The molecule has 0 unspecified atom stereocenters. The first-order valence-electron chi connectivity index (χ1n) is 11.1. The zero-order chi connectivity index (χ0) is 21.0. The van der Waals surface area contributed by atoms with Gasteiger partial charge in [-0.2, -0.15) is 10.4 Å². The molecule has 1 aliphatic rings. The van der Waals surface area contributed by atoms with Gasteiger partial charge in [-0.3, -0.25) is 10.00 Å². The predicted octanol–water partition coefficient (Wildman–Crippen LogP) is 5.51. The highest BCUT2D eigenvalue weighted by atomic mass is 16.5. The summed E-state index contributed by atoms with van der Waals surface area (Å²) < 4.78 is 6.05. The molecule has 2 heterocycles. The average molecular weight is 411 g/mol. The van der Waals surface area contributed by atoms with Crippen LogP contribution in [0.1, 0.15) is 31.2 Å². The number of hydrogen-bond acceptors (Lipinski definition) is 4. The fourth-order valence-corrected chi connectivity index (χ4v) is 4.42. The van der Waals surface area contributed by atoms with Gasteiger partial charge in [0.2, 0.25) is 0 Å². The molecule has 31 heavy (non-hydrogen) atoms. The van der Waals surface area contributed by atoms with E-state index in [0.717, 1.165) is 51.8 Å². The van der Waals surface area contributed by atoms with Crippen LogP contribution in [0.3, 0.4) is 0 Å². The van der Waals surface area contributed by atoms with Gasteiger partial charge < -0.3 is 4.74 Å². The molecule has 0 saturated carbocycles. The number of nitrogens with zero attached hydrogens (tertiary/aromatic N) is 3. The van der Waals surface area contributed by atoms with Crippen LogP contribution < -0.4 is 4.74 Å². The van der Waals surface area contributed by atoms with E-state index in [9.17, 15) is 5.26 Å². The fraction of sp³-hybridized carbons (Fsp3) is 0.308. The van der Waals surface area contributed by atoms with Crippen molar-refractivity contribution in [1.29, 1.82) is 5.26 Å². The molecule has 0 bridgehead atoms. The number of aromatic amines is 1. The molecule has 1 N–H and O–H groups in total. The second-order valence-electron chi connectivity index (χ2n) is 8.27. The normalized spacial score (nSPS) is 15.1.